The molecule has 2 aromatic rings. The van der Waals surface area contributed by atoms with Gasteiger partial charge in [0.1, 0.15) is 5.75 Å². The number of unbranched alkanes of at least 4 members (excludes halogenated alkanes) is 4. The average Bonchev–Trinajstić information content (AvgIpc) is 2.66. The summed E-state index contributed by atoms with van der Waals surface area (Å²) in [6.07, 6.45) is 8.55. The summed E-state index contributed by atoms with van der Waals surface area (Å²) in [5.74, 6) is 1.44. The van der Waals surface area contributed by atoms with E-state index in [4.69, 9.17) is 4.74 Å². The van der Waals surface area contributed by atoms with Crippen LogP contribution in [0.3, 0.4) is 0 Å². The molecule has 2 rings (SSSR count). The second-order valence-electron chi connectivity index (χ2n) is 6.89. The second kappa shape index (κ2) is 10.9. The van der Waals surface area contributed by atoms with E-state index in [1.54, 1.807) is 0 Å². The lowest BCUT2D eigenvalue weighted by atomic mass is 10.1. The van der Waals surface area contributed by atoms with Crippen molar-refractivity contribution in [3.05, 3.63) is 42.1 Å². The van der Waals surface area contributed by atoms with Crippen LogP contribution in [0.25, 0.3) is 11.3 Å². The first-order chi connectivity index (χ1) is 12.2. The number of aromatic nitrogens is 2. The van der Waals surface area contributed by atoms with Gasteiger partial charge in [-0.2, -0.15) is 10.2 Å². The highest BCUT2D eigenvalue weighted by atomic mass is 16.5. The Balaban J connectivity index is 1.97. The fraction of sp³-hybridized carbons (Fsp3) is 0.545. The van der Waals surface area contributed by atoms with Crippen LogP contribution in [0.5, 0.6) is 5.75 Å². The first kappa shape index (κ1) is 19.4. The van der Waals surface area contributed by atoms with Gasteiger partial charge in [0, 0.05) is 5.56 Å². The Bertz CT molecular complexity index is 610. The monoisotopic (exact) mass is 340 g/mol. The van der Waals surface area contributed by atoms with Crippen LogP contribution in [0.4, 0.5) is 0 Å². The van der Waals surface area contributed by atoms with Crippen LogP contribution in [-0.2, 0) is 6.42 Å². The highest BCUT2D eigenvalue weighted by Crippen LogP contribution is 2.28. The maximum atomic E-state index is 6.01. The van der Waals surface area contributed by atoms with E-state index >= 15 is 0 Å². The Hall–Kier alpha value is -1.90. The molecule has 1 aromatic carbocycles. The van der Waals surface area contributed by atoms with E-state index in [0.717, 1.165) is 42.1 Å². The zero-order valence-corrected chi connectivity index (χ0v) is 16.0. The maximum Gasteiger partial charge on any atom is 0.128 e. The number of nitrogens with zero attached hydrogens (tertiary/aromatic N) is 2. The minimum atomic E-state index is 0.550. The molecule has 0 amide bonds. The first-order valence-corrected chi connectivity index (χ1v) is 9.79. The number of hydrogen-bond donors (Lipinski definition) is 0. The fourth-order valence-corrected chi connectivity index (χ4v) is 2.70. The molecule has 0 aliphatic carbocycles. The predicted octanol–water partition coefficient (Wildman–Crippen LogP) is 6.08. The summed E-state index contributed by atoms with van der Waals surface area (Å²) >= 11 is 0. The van der Waals surface area contributed by atoms with Gasteiger partial charge in [-0.1, -0.05) is 65.0 Å². The van der Waals surface area contributed by atoms with Gasteiger partial charge in [0.25, 0.3) is 0 Å². The number of ether oxygens (including phenoxy) is 1. The Labute approximate surface area is 152 Å². The fourth-order valence-electron chi connectivity index (χ4n) is 2.70. The number of rotatable bonds is 11. The minimum absolute atomic E-state index is 0.550. The van der Waals surface area contributed by atoms with Crippen molar-refractivity contribution in [2.24, 2.45) is 5.92 Å². The molecule has 0 fully saturated rings. The molecule has 0 spiro atoms. The van der Waals surface area contributed by atoms with E-state index in [2.05, 4.69) is 49.2 Å². The number of benzene rings is 1. The molecule has 0 saturated carbocycles. The third-order valence-corrected chi connectivity index (χ3v) is 4.64. The topological polar surface area (TPSA) is 35.0 Å². The summed E-state index contributed by atoms with van der Waals surface area (Å²) in [5.41, 5.74) is 2.99. The quantitative estimate of drug-likeness (QED) is 0.465. The molecular formula is C22H32N2O. The summed E-state index contributed by atoms with van der Waals surface area (Å²) in [7, 11) is 0. The third-order valence-electron chi connectivity index (χ3n) is 4.64. The molecule has 25 heavy (non-hydrogen) atoms. The molecule has 0 radical (unpaired) electrons. The van der Waals surface area contributed by atoms with E-state index in [1.807, 2.05) is 18.2 Å². The van der Waals surface area contributed by atoms with Crippen LogP contribution in [0.2, 0.25) is 0 Å². The minimum Gasteiger partial charge on any atom is -0.493 e. The molecule has 1 atom stereocenters. The highest BCUT2D eigenvalue weighted by Gasteiger charge is 2.09. The van der Waals surface area contributed by atoms with Gasteiger partial charge in [0.15, 0.2) is 0 Å². The van der Waals surface area contributed by atoms with E-state index in [9.17, 15) is 0 Å². The van der Waals surface area contributed by atoms with Crippen LogP contribution < -0.4 is 4.74 Å². The number of para-hydroxylation sites is 1. The molecule has 3 heteroatoms. The van der Waals surface area contributed by atoms with Crippen LogP contribution in [-0.4, -0.2) is 16.8 Å². The highest BCUT2D eigenvalue weighted by molar-refractivity contribution is 5.66. The zero-order valence-electron chi connectivity index (χ0n) is 16.0. The van der Waals surface area contributed by atoms with Gasteiger partial charge in [-0.25, -0.2) is 0 Å². The van der Waals surface area contributed by atoms with Gasteiger partial charge in [0.2, 0.25) is 0 Å². The van der Waals surface area contributed by atoms with Gasteiger partial charge in [-0.3, -0.25) is 0 Å². The second-order valence-corrected chi connectivity index (χ2v) is 6.89. The molecule has 1 heterocycles. The number of hydrogen-bond acceptors (Lipinski definition) is 3. The van der Waals surface area contributed by atoms with Gasteiger partial charge in [-0.15, -0.1) is 0 Å². The maximum absolute atomic E-state index is 6.01. The van der Waals surface area contributed by atoms with E-state index in [1.165, 1.54) is 32.1 Å². The largest absolute Gasteiger partial charge is 0.493 e. The molecule has 0 bridgehead atoms. The van der Waals surface area contributed by atoms with Gasteiger partial charge in [0.05, 0.1) is 18.0 Å². The molecule has 3 nitrogen and oxygen atoms in total. The number of aryl methyl sites for hydroxylation is 1. The molecule has 136 valence electrons. The average molecular weight is 341 g/mol. The summed E-state index contributed by atoms with van der Waals surface area (Å²) in [4.78, 5) is 0. The molecule has 1 aromatic heterocycles. The van der Waals surface area contributed by atoms with E-state index in [0.29, 0.717) is 5.92 Å². The van der Waals surface area contributed by atoms with Crippen LogP contribution in [0.1, 0.15) is 65.0 Å². The van der Waals surface area contributed by atoms with E-state index < -0.39 is 0 Å². The predicted molar refractivity (Wildman–Crippen MR) is 105 cm³/mol. The zero-order chi connectivity index (χ0) is 17.9. The Morgan fingerprint density at radius 1 is 0.920 bits per heavy atom. The van der Waals surface area contributed by atoms with Crippen molar-refractivity contribution in [2.75, 3.05) is 6.61 Å². The molecule has 1 unspecified atom stereocenters. The SMILES string of the molecule is CCCCCCCc1ccc(-c2ccccc2OCC(C)CC)nn1. The molecule has 0 aliphatic heterocycles. The van der Waals surface area contributed by atoms with Gasteiger partial charge in [-0.05, 0) is 43.0 Å². The van der Waals surface area contributed by atoms with Crippen LogP contribution in [0, 0.1) is 5.92 Å². The van der Waals surface area contributed by atoms with Crippen molar-refractivity contribution in [1.82, 2.24) is 10.2 Å². The Morgan fingerprint density at radius 3 is 2.44 bits per heavy atom. The Morgan fingerprint density at radius 2 is 1.72 bits per heavy atom. The van der Waals surface area contributed by atoms with Crippen molar-refractivity contribution in [3.63, 3.8) is 0 Å². The Kier molecular flexibility index (Phi) is 8.44. The van der Waals surface area contributed by atoms with Crippen molar-refractivity contribution >= 4 is 0 Å². The smallest absolute Gasteiger partial charge is 0.128 e. The van der Waals surface area contributed by atoms with Crippen LogP contribution >= 0.6 is 0 Å². The lowest BCUT2D eigenvalue weighted by Crippen LogP contribution is -2.08. The first-order valence-electron chi connectivity index (χ1n) is 9.79. The van der Waals surface area contributed by atoms with Gasteiger partial charge >= 0.3 is 0 Å². The van der Waals surface area contributed by atoms with Crippen molar-refractivity contribution in [1.29, 1.82) is 0 Å². The summed E-state index contributed by atoms with van der Waals surface area (Å²) in [5, 5.41) is 8.86. The molecule has 0 aliphatic rings. The normalized spacial score (nSPS) is 12.1. The molecule has 0 saturated heterocycles. The van der Waals surface area contributed by atoms with E-state index in [-0.39, 0.29) is 0 Å². The van der Waals surface area contributed by atoms with Crippen molar-refractivity contribution in [2.45, 2.75) is 65.7 Å². The van der Waals surface area contributed by atoms with Crippen molar-refractivity contribution < 1.29 is 4.74 Å². The van der Waals surface area contributed by atoms with Crippen LogP contribution in [0.15, 0.2) is 36.4 Å². The lowest BCUT2D eigenvalue weighted by molar-refractivity contribution is 0.257. The molecule has 0 N–H and O–H groups in total. The third kappa shape index (κ3) is 6.49. The standard InChI is InChI=1S/C22H32N2O/c1-4-6-7-8-9-12-19-15-16-21(24-23-19)20-13-10-11-14-22(20)25-17-18(3)5-2/h10-11,13-16,18H,4-9,12,17H2,1-3H3. The van der Waals surface area contributed by atoms with Crippen molar-refractivity contribution in [3.8, 4) is 17.0 Å². The summed E-state index contributed by atoms with van der Waals surface area (Å²) in [6, 6.07) is 12.3. The summed E-state index contributed by atoms with van der Waals surface area (Å²) in [6.45, 7) is 7.37. The molecular weight excluding hydrogens is 308 g/mol. The lowest BCUT2D eigenvalue weighted by Gasteiger charge is -2.14. The van der Waals surface area contributed by atoms with Gasteiger partial charge < -0.3 is 4.74 Å². The summed E-state index contributed by atoms with van der Waals surface area (Å²) < 4.78 is 6.01.